The summed E-state index contributed by atoms with van der Waals surface area (Å²) in [7, 11) is 0. The minimum absolute atomic E-state index is 1.23. The van der Waals surface area contributed by atoms with E-state index in [9.17, 15) is 0 Å². The van der Waals surface area contributed by atoms with E-state index in [-0.39, 0.29) is 0 Å². The highest BCUT2D eigenvalue weighted by atomic mass is 13.9. The SMILES string of the molecule is C[C]=C(C)CCCC. The topological polar surface area (TPSA) is 0 Å². The van der Waals surface area contributed by atoms with Crippen LogP contribution in [0.5, 0.6) is 0 Å². The summed E-state index contributed by atoms with van der Waals surface area (Å²) in [6.45, 7) is 6.32. The van der Waals surface area contributed by atoms with Gasteiger partial charge in [-0.05, 0) is 32.8 Å². The Morgan fingerprint density at radius 2 is 2.12 bits per heavy atom. The lowest BCUT2D eigenvalue weighted by atomic mass is 10.1. The van der Waals surface area contributed by atoms with Gasteiger partial charge in [-0.25, -0.2) is 0 Å². The van der Waals surface area contributed by atoms with Gasteiger partial charge < -0.3 is 0 Å². The van der Waals surface area contributed by atoms with Crippen LogP contribution in [-0.2, 0) is 0 Å². The fourth-order valence-corrected chi connectivity index (χ4v) is 0.567. The van der Waals surface area contributed by atoms with E-state index >= 15 is 0 Å². The molecule has 0 amide bonds. The summed E-state index contributed by atoms with van der Waals surface area (Å²) >= 11 is 0. The summed E-state index contributed by atoms with van der Waals surface area (Å²) in [6.07, 6.45) is 6.95. The Labute approximate surface area is 52.6 Å². The van der Waals surface area contributed by atoms with Crippen molar-refractivity contribution in [3.05, 3.63) is 11.6 Å². The normalized spacial score (nSPS) is 12.1. The summed E-state index contributed by atoms with van der Waals surface area (Å²) in [4.78, 5) is 0. The van der Waals surface area contributed by atoms with Crippen LogP contribution in [0.4, 0.5) is 0 Å². The number of hydrogen-bond acceptors (Lipinski definition) is 0. The molecule has 0 aliphatic rings. The Bertz CT molecular complexity index is 70.1. The van der Waals surface area contributed by atoms with Crippen LogP contribution in [0.2, 0.25) is 0 Å². The van der Waals surface area contributed by atoms with Gasteiger partial charge >= 0.3 is 0 Å². The van der Waals surface area contributed by atoms with E-state index < -0.39 is 0 Å². The van der Waals surface area contributed by atoms with Crippen molar-refractivity contribution >= 4 is 0 Å². The van der Waals surface area contributed by atoms with Gasteiger partial charge in [-0.3, -0.25) is 0 Å². The van der Waals surface area contributed by atoms with Gasteiger partial charge in [0.1, 0.15) is 0 Å². The van der Waals surface area contributed by atoms with Gasteiger partial charge in [-0.1, -0.05) is 18.9 Å². The van der Waals surface area contributed by atoms with Crippen molar-refractivity contribution in [2.24, 2.45) is 0 Å². The molecule has 0 nitrogen and oxygen atoms in total. The number of rotatable bonds is 3. The summed E-state index contributed by atoms with van der Waals surface area (Å²) in [6, 6.07) is 0. The van der Waals surface area contributed by atoms with Crippen LogP contribution in [0.15, 0.2) is 5.57 Å². The van der Waals surface area contributed by atoms with Gasteiger partial charge in [0.05, 0.1) is 0 Å². The van der Waals surface area contributed by atoms with Crippen molar-refractivity contribution in [2.45, 2.75) is 40.0 Å². The second kappa shape index (κ2) is 4.89. The highest BCUT2D eigenvalue weighted by Crippen LogP contribution is 2.03. The van der Waals surface area contributed by atoms with E-state index in [4.69, 9.17) is 0 Å². The van der Waals surface area contributed by atoms with E-state index in [2.05, 4.69) is 19.9 Å². The van der Waals surface area contributed by atoms with Crippen molar-refractivity contribution < 1.29 is 0 Å². The smallest absolute Gasteiger partial charge is 0.0317 e. The molecule has 0 bridgehead atoms. The van der Waals surface area contributed by atoms with E-state index in [1.807, 2.05) is 6.92 Å². The van der Waals surface area contributed by atoms with Gasteiger partial charge in [0.15, 0.2) is 0 Å². The fourth-order valence-electron chi connectivity index (χ4n) is 0.567. The van der Waals surface area contributed by atoms with E-state index in [0.717, 1.165) is 0 Å². The molecule has 0 atom stereocenters. The van der Waals surface area contributed by atoms with Gasteiger partial charge in [0, 0.05) is 0 Å². The molecule has 0 aromatic rings. The number of hydrogen-bond donors (Lipinski definition) is 0. The first-order valence-electron chi connectivity index (χ1n) is 3.31. The van der Waals surface area contributed by atoms with E-state index in [1.165, 1.54) is 24.8 Å². The molecular formula is C8H15. The quantitative estimate of drug-likeness (QED) is 0.525. The Hall–Kier alpha value is -0.260. The average molecular weight is 111 g/mol. The average Bonchev–Trinajstić information content (AvgIpc) is 1.83. The zero-order valence-electron chi connectivity index (χ0n) is 6.12. The van der Waals surface area contributed by atoms with Crippen LogP contribution < -0.4 is 0 Å². The predicted molar refractivity (Wildman–Crippen MR) is 37.6 cm³/mol. The molecule has 0 rings (SSSR count). The third-order valence-corrected chi connectivity index (χ3v) is 1.33. The first-order valence-corrected chi connectivity index (χ1v) is 3.31. The maximum atomic E-state index is 3.12. The molecule has 0 spiro atoms. The van der Waals surface area contributed by atoms with Crippen LogP contribution in [0, 0.1) is 6.08 Å². The predicted octanol–water partition coefficient (Wildman–Crippen LogP) is 2.95. The van der Waals surface area contributed by atoms with Crippen LogP contribution in [0.25, 0.3) is 0 Å². The van der Waals surface area contributed by atoms with Crippen molar-refractivity contribution in [3.63, 3.8) is 0 Å². The van der Waals surface area contributed by atoms with Crippen molar-refractivity contribution in [1.82, 2.24) is 0 Å². The lowest BCUT2D eigenvalue weighted by Crippen LogP contribution is -1.74. The maximum absolute atomic E-state index is 3.12. The third-order valence-electron chi connectivity index (χ3n) is 1.33. The van der Waals surface area contributed by atoms with E-state index in [0.29, 0.717) is 0 Å². The number of unbranched alkanes of at least 4 members (excludes halogenated alkanes) is 1. The molecule has 0 fully saturated rings. The van der Waals surface area contributed by atoms with Crippen LogP contribution >= 0.6 is 0 Å². The Balaban J connectivity index is 3.12. The molecule has 0 heterocycles. The molecule has 0 aliphatic carbocycles. The van der Waals surface area contributed by atoms with Gasteiger partial charge in [0.25, 0.3) is 0 Å². The molecule has 0 aromatic heterocycles. The molecule has 0 saturated carbocycles. The van der Waals surface area contributed by atoms with Crippen molar-refractivity contribution in [1.29, 1.82) is 0 Å². The first kappa shape index (κ1) is 7.74. The summed E-state index contributed by atoms with van der Waals surface area (Å²) in [5.41, 5.74) is 1.40. The van der Waals surface area contributed by atoms with Crippen LogP contribution in [-0.4, -0.2) is 0 Å². The zero-order valence-corrected chi connectivity index (χ0v) is 6.12. The lowest BCUT2D eigenvalue weighted by molar-refractivity contribution is 0.784. The number of allylic oxidation sites excluding steroid dienone is 2. The highest BCUT2D eigenvalue weighted by molar-refractivity contribution is 4.89. The van der Waals surface area contributed by atoms with Gasteiger partial charge in [0.2, 0.25) is 0 Å². The molecule has 0 aliphatic heterocycles. The summed E-state index contributed by atoms with van der Waals surface area (Å²) in [5.74, 6) is 0. The van der Waals surface area contributed by atoms with E-state index in [1.54, 1.807) is 0 Å². The van der Waals surface area contributed by atoms with Gasteiger partial charge in [-0.2, -0.15) is 0 Å². The fraction of sp³-hybridized carbons (Fsp3) is 0.750. The molecule has 1 radical (unpaired) electrons. The molecular weight excluding hydrogens is 96.1 g/mol. The molecule has 0 heteroatoms. The Kier molecular flexibility index (Phi) is 4.73. The minimum atomic E-state index is 1.23. The molecule has 0 unspecified atom stereocenters. The lowest BCUT2D eigenvalue weighted by Gasteiger charge is -1.94. The Morgan fingerprint density at radius 1 is 1.50 bits per heavy atom. The second-order valence-corrected chi connectivity index (χ2v) is 2.13. The molecule has 0 aromatic carbocycles. The monoisotopic (exact) mass is 111 g/mol. The second-order valence-electron chi connectivity index (χ2n) is 2.13. The Morgan fingerprint density at radius 3 is 2.50 bits per heavy atom. The highest BCUT2D eigenvalue weighted by Gasteiger charge is 1.84. The van der Waals surface area contributed by atoms with Crippen LogP contribution in [0.1, 0.15) is 40.0 Å². The third kappa shape index (κ3) is 3.91. The maximum Gasteiger partial charge on any atom is -0.0317 e. The molecule has 0 N–H and O–H groups in total. The standard InChI is InChI=1S/C8H15/c1-4-6-7-8(3)5-2/h4,6-7H2,1-3H3. The molecule has 8 heavy (non-hydrogen) atoms. The molecule has 0 saturated heterocycles. The zero-order chi connectivity index (χ0) is 6.41. The largest absolute Gasteiger partial charge is 0.0701 e. The minimum Gasteiger partial charge on any atom is -0.0701 e. The first-order chi connectivity index (χ1) is 3.81. The molecule has 47 valence electrons. The van der Waals surface area contributed by atoms with Crippen molar-refractivity contribution in [3.8, 4) is 0 Å². The summed E-state index contributed by atoms with van der Waals surface area (Å²) < 4.78 is 0. The van der Waals surface area contributed by atoms with Crippen LogP contribution in [0.3, 0.4) is 0 Å². The van der Waals surface area contributed by atoms with Gasteiger partial charge in [-0.15, -0.1) is 0 Å². The summed E-state index contributed by atoms with van der Waals surface area (Å²) in [5, 5.41) is 0. The van der Waals surface area contributed by atoms with Crippen molar-refractivity contribution in [2.75, 3.05) is 0 Å².